The summed E-state index contributed by atoms with van der Waals surface area (Å²) in [7, 11) is 0. The van der Waals surface area contributed by atoms with Gasteiger partial charge in [-0.25, -0.2) is 9.50 Å². The van der Waals surface area contributed by atoms with Crippen LogP contribution in [-0.4, -0.2) is 48.3 Å². The van der Waals surface area contributed by atoms with Crippen LogP contribution in [0.25, 0.3) is 5.65 Å². The lowest BCUT2D eigenvalue weighted by atomic mass is 9.93. The molecule has 0 N–H and O–H groups in total. The van der Waals surface area contributed by atoms with Crippen molar-refractivity contribution in [1.29, 1.82) is 0 Å². The molecule has 7 nitrogen and oxygen atoms in total. The van der Waals surface area contributed by atoms with Crippen molar-refractivity contribution in [2.24, 2.45) is 0 Å². The van der Waals surface area contributed by atoms with Crippen LogP contribution in [-0.2, 0) is 11.3 Å². The predicted octanol–water partition coefficient (Wildman–Crippen LogP) is 1.33. The maximum absolute atomic E-state index is 12.3. The SMILES string of the molecule is O=C(Cn1cccn1)N1CCC(c2ccn3nccc3n2)CC1. The number of carbonyl (C=O) groups is 1. The molecule has 3 aromatic rings. The molecule has 1 saturated heterocycles. The van der Waals surface area contributed by atoms with Crippen molar-refractivity contribution in [2.45, 2.75) is 25.3 Å². The third-order valence-corrected chi connectivity index (χ3v) is 4.40. The van der Waals surface area contributed by atoms with Crippen molar-refractivity contribution in [3.8, 4) is 0 Å². The standard InChI is InChI=1S/C16H18N6O/c23-16(12-21-8-1-6-17-21)20-9-3-13(4-10-20)14-5-11-22-15(19-14)2-7-18-22/h1-2,5-8,11,13H,3-4,9-10,12H2. The molecule has 23 heavy (non-hydrogen) atoms. The van der Waals surface area contributed by atoms with E-state index in [0.717, 1.165) is 37.3 Å². The Morgan fingerprint density at radius 3 is 2.78 bits per heavy atom. The number of carbonyl (C=O) groups excluding carboxylic acids is 1. The Hall–Kier alpha value is -2.70. The van der Waals surface area contributed by atoms with Crippen LogP contribution in [0.1, 0.15) is 24.5 Å². The molecule has 0 saturated carbocycles. The first kappa shape index (κ1) is 13.9. The fraction of sp³-hybridized carbons (Fsp3) is 0.375. The normalized spacial score (nSPS) is 16.1. The van der Waals surface area contributed by atoms with E-state index < -0.39 is 0 Å². The maximum atomic E-state index is 12.3. The Kier molecular flexibility index (Phi) is 3.53. The number of fused-ring (bicyclic) bond motifs is 1. The van der Waals surface area contributed by atoms with E-state index in [-0.39, 0.29) is 5.91 Å². The number of piperidine rings is 1. The molecule has 0 radical (unpaired) electrons. The summed E-state index contributed by atoms with van der Waals surface area (Å²) in [5.41, 5.74) is 1.97. The van der Waals surface area contributed by atoms with E-state index in [1.807, 2.05) is 35.5 Å². The smallest absolute Gasteiger partial charge is 0.244 e. The summed E-state index contributed by atoms with van der Waals surface area (Å²) in [6.45, 7) is 1.87. The third kappa shape index (κ3) is 2.81. The molecule has 0 spiro atoms. The molecular weight excluding hydrogens is 292 g/mol. The second-order valence-corrected chi connectivity index (χ2v) is 5.85. The first-order valence-corrected chi connectivity index (χ1v) is 7.85. The van der Waals surface area contributed by atoms with Crippen LogP contribution in [0.3, 0.4) is 0 Å². The van der Waals surface area contributed by atoms with Crippen LogP contribution >= 0.6 is 0 Å². The average Bonchev–Trinajstić information content (AvgIpc) is 3.25. The zero-order valence-corrected chi connectivity index (χ0v) is 12.7. The van der Waals surface area contributed by atoms with Gasteiger partial charge in [0.25, 0.3) is 0 Å². The second-order valence-electron chi connectivity index (χ2n) is 5.85. The molecule has 0 aliphatic carbocycles. The molecule has 118 valence electrons. The molecule has 1 aliphatic rings. The van der Waals surface area contributed by atoms with E-state index in [1.54, 1.807) is 21.6 Å². The van der Waals surface area contributed by atoms with Gasteiger partial charge in [0.15, 0.2) is 5.65 Å². The molecule has 0 atom stereocenters. The first-order chi connectivity index (χ1) is 11.3. The van der Waals surface area contributed by atoms with Crippen molar-refractivity contribution in [2.75, 3.05) is 13.1 Å². The van der Waals surface area contributed by atoms with Gasteiger partial charge in [0.1, 0.15) is 6.54 Å². The minimum Gasteiger partial charge on any atom is -0.341 e. The van der Waals surface area contributed by atoms with Gasteiger partial charge in [0.05, 0.1) is 6.20 Å². The second kappa shape index (κ2) is 5.83. The van der Waals surface area contributed by atoms with Gasteiger partial charge >= 0.3 is 0 Å². The average molecular weight is 310 g/mol. The minimum absolute atomic E-state index is 0.131. The number of likely N-dealkylation sites (tertiary alicyclic amines) is 1. The highest BCUT2D eigenvalue weighted by Crippen LogP contribution is 2.27. The van der Waals surface area contributed by atoms with E-state index in [2.05, 4.69) is 15.2 Å². The summed E-state index contributed by atoms with van der Waals surface area (Å²) in [6.07, 6.45) is 9.10. The molecule has 0 bridgehead atoms. The summed E-state index contributed by atoms with van der Waals surface area (Å²) in [5, 5.41) is 8.26. The number of hydrogen-bond donors (Lipinski definition) is 0. The minimum atomic E-state index is 0.131. The number of amides is 1. The summed E-state index contributed by atoms with van der Waals surface area (Å²) in [5.74, 6) is 0.537. The molecule has 1 aliphatic heterocycles. The van der Waals surface area contributed by atoms with E-state index in [0.29, 0.717) is 12.5 Å². The van der Waals surface area contributed by atoms with Gasteiger partial charge in [0, 0.05) is 49.4 Å². The van der Waals surface area contributed by atoms with Crippen LogP contribution in [0.2, 0.25) is 0 Å². The van der Waals surface area contributed by atoms with Crippen molar-refractivity contribution < 1.29 is 4.79 Å². The largest absolute Gasteiger partial charge is 0.341 e. The van der Waals surface area contributed by atoms with Crippen molar-refractivity contribution in [3.63, 3.8) is 0 Å². The zero-order chi connectivity index (χ0) is 15.6. The quantitative estimate of drug-likeness (QED) is 0.732. The first-order valence-electron chi connectivity index (χ1n) is 7.85. The highest BCUT2D eigenvalue weighted by molar-refractivity contribution is 5.76. The summed E-state index contributed by atoms with van der Waals surface area (Å²) >= 11 is 0. The van der Waals surface area contributed by atoms with E-state index in [4.69, 9.17) is 0 Å². The summed E-state index contributed by atoms with van der Waals surface area (Å²) in [6, 6.07) is 5.77. The lowest BCUT2D eigenvalue weighted by Gasteiger charge is -2.31. The van der Waals surface area contributed by atoms with Gasteiger partial charge in [0.2, 0.25) is 5.91 Å². The zero-order valence-electron chi connectivity index (χ0n) is 12.7. The van der Waals surface area contributed by atoms with E-state index in [9.17, 15) is 4.79 Å². The maximum Gasteiger partial charge on any atom is 0.244 e. The van der Waals surface area contributed by atoms with E-state index in [1.165, 1.54) is 0 Å². The Bertz CT molecular complexity index is 801. The topological polar surface area (TPSA) is 68.3 Å². The van der Waals surface area contributed by atoms with Crippen LogP contribution < -0.4 is 0 Å². The lowest BCUT2D eigenvalue weighted by molar-refractivity contribution is -0.133. The van der Waals surface area contributed by atoms with Crippen LogP contribution in [0.15, 0.2) is 43.0 Å². The van der Waals surface area contributed by atoms with Crippen molar-refractivity contribution >= 4 is 11.6 Å². The Balaban J connectivity index is 1.39. The van der Waals surface area contributed by atoms with Gasteiger partial charge < -0.3 is 4.90 Å². The number of hydrogen-bond acceptors (Lipinski definition) is 4. The molecule has 0 unspecified atom stereocenters. The monoisotopic (exact) mass is 310 g/mol. The number of aromatic nitrogens is 5. The van der Waals surface area contributed by atoms with Crippen LogP contribution in [0.4, 0.5) is 0 Å². The van der Waals surface area contributed by atoms with Gasteiger partial charge in [-0.2, -0.15) is 10.2 Å². The summed E-state index contributed by atoms with van der Waals surface area (Å²) < 4.78 is 3.44. The Labute approximate surface area is 133 Å². The van der Waals surface area contributed by atoms with Crippen molar-refractivity contribution in [3.05, 3.63) is 48.7 Å². The van der Waals surface area contributed by atoms with Crippen molar-refractivity contribution in [1.82, 2.24) is 29.3 Å². The highest BCUT2D eigenvalue weighted by atomic mass is 16.2. The van der Waals surface area contributed by atoms with Crippen LogP contribution in [0, 0.1) is 0 Å². The highest BCUT2D eigenvalue weighted by Gasteiger charge is 2.24. The predicted molar refractivity (Wildman–Crippen MR) is 83.8 cm³/mol. The Morgan fingerprint density at radius 1 is 1.13 bits per heavy atom. The fourth-order valence-corrected chi connectivity index (χ4v) is 3.11. The van der Waals surface area contributed by atoms with Gasteiger partial charge in [-0.1, -0.05) is 0 Å². The number of rotatable bonds is 3. The molecule has 3 aromatic heterocycles. The molecule has 4 rings (SSSR count). The third-order valence-electron chi connectivity index (χ3n) is 4.40. The molecule has 1 amide bonds. The lowest BCUT2D eigenvalue weighted by Crippen LogP contribution is -2.40. The van der Waals surface area contributed by atoms with Gasteiger partial charge in [-0.3, -0.25) is 9.48 Å². The molecular formula is C16H18N6O. The van der Waals surface area contributed by atoms with Gasteiger partial charge in [-0.15, -0.1) is 0 Å². The molecule has 7 heteroatoms. The van der Waals surface area contributed by atoms with Gasteiger partial charge in [-0.05, 0) is 25.0 Å². The molecule has 1 fully saturated rings. The summed E-state index contributed by atoms with van der Waals surface area (Å²) in [4.78, 5) is 18.9. The van der Waals surface area contributed by atoms with Crippen LogP contribution in [0.5, 0.6) is 0 Å². The Morgan fingerprint density at radius 2 is 2.00 bits per heavy atom. The van der Waals surface area contributed by atoms with E-state index >= 15 is 0 Å². The molecule has 4 heterocycles. The fourth-order valence-electron chi connectivity index (χ4n) is 3.11. The molecule has 0 aromatic carbocycles. The number of nitrogens with zero attached hydrogens (tertiary/aromatic N) is 6.